The zero-order valence-corrected chi connectivity index (χ0v) is 15.6. The van der Waals surface area contributed by atoms with Crippen molar-refractivity contribution < 1.29 is 19.0 Å². The number of halogens is 1. The van der Waals surface area contributed by atoms with Crippen LogP contribution < -0.4 is 4.74 Å². The summed E-state index contributed by atoms with van der Waals surface area (Å²) in [6, 6.07) is 13.2. The van der Waals surface area contributed by atoms with Crippen LogP contribution >= 0.6 is 0 Å². The lowest BCUT2D eigenvalue weighted by Gasteiger charge is -2.28. The van der Waals surface area contributed by atoms with Gasteiger partial charge < -0.3 is 14.7 Å². The van der Waals surface area contributed by atoms with Crippen molar-refractivity contribution in [1.29, 1.82) is 0 Å². The number of benzene rings is 2. The summed E-state index contributed by atoms with van der Waals surface area (Å²) < 4.78 is 18.4. The van der Waals surface area contributed by atoms with E-state index in [2.05, 4.69) is 0 Å². The lowest BCUT2D eigenvalue weighted by atomic mass is 9.87. The zero-order chi connectivity index (χ0) is 19.3. The van der Waals surface area contributed by atoms with E-state index in [1.807, 2.05) is 13.8 Å². The van der Waals surface area contributed by atoms with Crippen LogP contribution in [-0.4, -0.2) is 36.6 Å². The summed E-state index contributed by atoms with van der Waals surface area (Å²) in [5.41, 5.74) is 1.46. The van der Waals surface area contributed by atoms with E-state index < -0.39 is 12.0 Å². The molecule has 0 saturated heterocycles. The van der Waals surface area contributed by atoms with Gasteiger partial charge >= 0.3 is 0 Å². The molecular weight excluding hydrogens is 333 g/mol. The van der Waals surface area contributed by atoms with Gasteiger partial charge in [-0.2, -0.15) is 0 Å². The third kappa shape index (κ3) is 4.82. The normalized spacial score (nSPS) is 13.3. The van der Waals surface area contributed by atoms with Gasteiger partial charge in [-0.1, -0.05) is 38.1 Å². The Labute approximate surface area is 154 Å². The molecule has 2 atom stereocenters. The molecule has 1 N–H and O–H groups in total. The number of ether oxygens (including phenoxy) is 1. The van der Waals surface area contributed by atoms with Crippen molar-refractivity contribution in [2.75, 3.05) is 20.7 Å². The maximum Gasteiger partial charge on any atom is 0.230 e. The Morgan fingerprint density at radius 3 is 2.38 bits per heavy atom. The molecule has 0 saturated carbocycles. The van der Waals surface area contributed by atoms with Crippen molar-refractivity contribution in [3.63, 3.8) is 0 Å². The van der Waals surface area contributed by atoms with Crippen LogP contribution in [0.4, 0.5) is 4.39 Å². The third-order valence-electron chi connectivity index (χ3n) is 4.46. The number of nitrogens with zero attached hydrogens (tertiary/aromatic N) is 1. The van der Waals surface area contributed by atoms with Crippen LogP contribution in [0.3, 0.4) is 0 Å². The smallest absolute Gasteiger partial charge is 0.230 e. The Morgan fingerprint density at radius 2 is 1.81 bits per heavy atom. The minimum absolute atomic E-state index is 0.0457. The molecule has 5 heteroatoms. The second kappa shape index (κ2) is 8.81. The number of hydrogen-bond acceptors (Lipinski definition) is 3. The first-order valence-electron chi connectivity index (χ1n) is 8.66. The number of methoxy groups -OCH3 is 1. The van der Waals surface area contributed by atoms with Crippen LogP contribution in [0.25, 0.3) is 0 Å². The van der Waals surface area contributed by atoms with Crippen LogP contribution in [0.5, 0.6) is 5.75 Å². The summed E-state index contributed by atoms with van der Waals surface area (Å²) in [6.07, 6.45) is -0.819. The lowest BCUT2D eigenvalue weighted by molar-refractivity contribution is -0.133. The number of amides is 1. The number of likely N-dealkylation sites (N-methyl/N-ethyl adjacent to an activating group) is 1. The van der Waals surface area contributed by atoms with Gasteiger partial charge in [-0.25, -0.2) is 4.39 Å². The molecule has 0 fully saturated rings. The maximum absolute atomic E-state index is 13.2. The van der Waals surface area contributed by atoms with Crippen LogP contribution in [0.2, 0.25) is 0 Å². The highest BCUT2D eigenvalue weighted by Crippen LogP contribution is 2.28. The van der Waals surface area contributed by atoms with Gasteiger partial charge in [-0.3, -0.25) is 4.79 Å². The van der Waals surface area contributed by atoms with E-state index in [1.54, 1.807) is 50.6 Å². The number of rotatable bonds is 7. The lowest BCUT2D eigenvalue weighted by Crippen LogP contribution is -2.36. The summed E-state index contributed by atoms with van der Waals surface area (Å²) >= 11 is 0. The summed E-state index contributed by atoms with van der Waals surface area (Å²) in [6.45, 7) is 4.08. The molecule has 0 aliphatic heterocycles. The van der Waals surface area contributed by atoms with E-state index in [-0.39, 0.29) is 24.2 Å². The van der Waals surface area contributed by atoms with Gasteiger partial charge in [0.2, 0.25) is 5.91 Å². The number of carbonyl (C=O) groups excluding carboxylic acids is 1. The van der Waals surface area contributed by atoms with Crippen LogP contribution in [0, 0.1) is 11.7 Å². The standard InChI is InChI=1S/C21H26FNO3/c1-14(2)20(15-8-10-17(22)11-9-15)21(25)23(3)13-19(24)16-6-5-7-18(12-16)26-4/h5-12,14,19-20,24H,13H2,1-4H3. The van der Waals surface area contributed by atoms with Gasteiger partial charge in [0.15, 0.2) is 0 Å². The monoisotopic (exact) mass is 359 g/mol. The molecule has 0 heterocycles. The number of aliphatic hydroxyl groups is 1. The first-order chi connectivity index (χ1) is 12.3. The molecule has 0 aliphatic rings. The molecule has 140 valence electrons. The predicted molar refractivity (Wildman–Crippen MR) is 99.6 cm³/mol. The largest absolute Gasteiger partial charge is 0.497 e. The molecule has 0 aromatic heterocycles. The fourth-order valence-corrected chi connectivity index (χ4v) is 3.02. The quantitative estimate of drug-likeness (QED) is 0.819. The Bertz CT molecular complexity index is 730. The predicted octanol–water partition coefficient (Wildman–Crippen LogP) is 3.77. The molecular formula is C21H26FNO3. The Morgan fingerprint density at radius 1 is 1.15 bits per heavy atom. The first kappa shape index (κ1) is 19.9. The van der Waals surface area contributed by atoms with Crippen molar-refractivity contribution in [1.82, 2.24) is 4.90 Å². The second-order valence-corrected chi connectivity index (χ2v) is 6.78. The molecule has 26 heavy (non-hydrogen) atoms. The van der Waals surface area contributed by atoms with Gasteiger partial charge in [0.05, 0.1) is 25.7 Å². The summed E-state index contributed by atoms with van der Waals surface area (Å²) in [5, 5.41) is 10.5. The Kier molecular flexibility index (Phi) is 6.75. The highest BCUT2D eigenvalue weighted by molar-refractivity contribution is 5.83. The van der Waals surface area contributed by atoms with Crippen molar-refractivity contribution >= 4 is 5.91 Å². The molecule has 0 spiro atoms. The number of carbonyl (C=O) groups is 1. The van der Waals surface area contributed by atoms with E-state index in [1.165, 1.54) is 17.0 Å². The molecule has 2 aromatic carbocycles. The van der Waals surface area contributed by atoms with Crippen molar-refractivity contribution in [3.8, 4) is 5.75 Å². The highest BCUT2D eigenvalue weighted by atomic mass is 19.1. The molecule has 0 aliphatic carbocycles. The van der Waals surface area contributed by atoms with E-state index in [0.29, 0.717) is 11.3 Å². The van der Waals surface area contributed by atoms with E-state index in [9.17, 15) is 14.3 Å². The molecule has 2 rings (SSSR count). The molecule has 2 unspecified atom stereocenters. The molecule has 1 amide bonds. The summed E-state index contributed by atoms with van der Waals surface area (Å²) in [5.74, 6) is -0.122. The third-order valence-corrected chi connectivity index (χ3v) is 4.46. The maximum atomic E-state index is 13.2. The molecule has 2 aromatic rings. The van der Waals surface area contributed by atoms with Gasteiger partial charge in [0, 0.05) is 7.05 Å². The van der Waals surface area contributed by atoms with Crippen LogP contribution in [0.1, 0.15) is 37.0 Å². The van der Waals surface area contributed by atoms with E-state index >= 15 is 0 Å². The Balaban J connectivity index is 2.14. The summed E-state index contributed by atoms with van der Waals surface area (Å²) in [4.78, 5) is 14.5. The van der Waals surface area contributed by atoms with Crippen LogP contribution in [-0.2, 0) is 4.79 Å². The minimum Gasteiger partial charge on any atom is -0.497 e. The average molecular weight is 359 g/mol. The van der Waals surface area contributed by atoms with Crippen LogP contribution in [0.15, 0.2) is 48.5 Å². The molecule has 0 bridgehead atoms. The highest BCUT2D eigenvalue weighted by Gasteiger charge is 2.28. The topological polar surface area (TPSA) is 49.8 Å². The number of hydrogen-bond donors (Lipinski definition) is 1. The molecule has 4 nitrogen and oxygen atoms in total. The van der Waals surface area contributed by atoms with Crippen molar-refractivity contribution in [3.05, 3.63) is 65.5 Å². The second-order valence-electron chi connectivity index (χ2n) is 6.78. The fourth-order valence-electron chi connectivity index (χ4n) is 3.02. The average Bonchev–Trinajstić information content (AvgIpc) is 2.63. The fraction of sp³-hybridized carbons (Fsp3) is 0.381. The van der Waals surface area contributed by atoms with Crippen molar-refractivity contribution in [2.45, 2.75) is 25.9 Å². The molecule has 0 radical (unpaired) electrons. The van der Waals surface area contributed by atoms with Gasteiger partial charge in [-0.15, -0.1) is 0 Å². The number of aliphatic hydroxyl groups excluding tert-OH is 1. The van der Waals surface area contributed by atoms with E-state index in [4.69, 9.17) is 4.74 Å². The Hall–Kier alpha value is -2.40. The summed E-state index contributed by atoms with van der Waals surface area (Å²) in [7, 11) is 3.24. The SMILES string of the molecule is COc1cccc(C(O)CN(C)C(=O)C(c2ccc(F)cc2)C(C)C)c1. The van der Waals surface area contributed by atoms with Gasteiger partial charge in [-0.05, 0) is 41.3 Å². The van der Waals surface area contributed by atoms with Gasteiger partial charge in [0.25, 0.3) is 0 Å². The zero-order valence-electron chi connectivity index (χ0n) is 15.6. The first-order valence-corrected chi connectivity index (χ1v) is 8.66. The van der Waals surface area contributed by atoms with Gasteiger partial charge in [0.1, 0.15) is 11.6 Å². The minimum atomic E-state index is -0.819. The van der Waals surface area contributed by atoms with Crippen molar-refractivity contribution in [2.24, 2.45) is 5.92 Å². The van der Waals surface area contributed by atoms with E-state index in [0.717, 1.165) is 5.56 Å².